The highest BCUT2D eigenvalue weighted by molar-refractivity contribution is 7.86. The lowest BCUT2D eigenvalue weighted by Gasteiger charge is -2.58. The van der Waals surface area contributed by atoms with Gasteiger partial charge in [-0.25, -0.2) is 4.79 Å². The van der Waals surface area contributed by atoms with E-state index in [1.54, 1.807) is 25.1 Å². The van der Waals surface area contributed by atoms with Crippen LogP contribution in [0.4, 0.5) is 0 Å². The van der Waals surface area contributed by atoms with Crippen molar-refractivity contribution in [2.45, 2.75) is 109 Å². The van der Waals surface area contributed by atoms with Gasteiger partial charge in [-0.15, -0.1) is 0 Å². The van der Waals surface area contributed by atoms with Crippen LogP contribution in [0.5, 0.6) is 0 Å². The average Bonchev–Trinajstić information content (AvgIpc) is 3.20. The molecule has 0 aliphatic heterocycles. The van der Waals surface area contributed by atoms with Gasteiger partial charge < -0.3 is 34.3 Å². The Morgan fingerprint density at radius 2 is 1.49 bits per heavy atom. The number of aliphatic hydroxyl groups is 3. The van der Waals surface area contributed by atoms with Crippen molar-refractivity contribution in [3.05, 3.63) is 47.0 Å². The molecule has 49 heavy (non-hydrogen) atoms. The molecule has 0 aromatic heterocycles. The number of ether oxygens (including phenoxy) is 4. The van der Waals surface area contributed by atoms with Crippen molar-refractivity contribution in [2.75, 3.05) is 12.9 Å². The molecule has 3 aliphatic carbocycles. The predicted molar refractivity (Wildman–Crippen MR) is 171 cm³/mol. The average molecular weight is 711 g/mol. The van der Waals surface area contributed by atoms with E-state index in [0.717, 1.165) is 20.1 Å². The van der Waals surface area contributed by atoms with E-state index in [9.17, 15) is 42.9 Å². The topological polar surface area (TPSA) is 209 Å². The summed E-state index contributed by atoms with van der Waals surface area (Å²) in [6, 6.07) is 7.93. The Bertz CT molecular complexity index is 1610. The molecular formula is C34H46O14S. The fourth-order valence-electron chi connectivity index (χ4n) is 8.39. The van der Waals surface area contributed by atoms with Gasteiger partial charge >= 0.3 is 23.9 Å². The van der Waals surface area contributed by atoms with Crippen molar-refractivity contribution in [3.8, 4) is 0 Å². The summed E-state index contributed by atoms with van der Waals surface area (Å²) in [6.45, 7) is 8.46. The lowest BCUT2D eigenvalue weighted by molar-refractivity contribution is -0.262. The Morgan fingerprint density at radius 1 is 0.918 bits per heavy atom. The van der Waals surface area contributed by atoms with Crippen molar-refractivity contribution in [1.82, 2.24) is 0 Å². The number of benzene rings is 1. The third kappa shape index (κ3) is 7.00. The molecule has 0 saturated heterocycles. The Hall–Kier alpha value is -3.37. The summed E-state index contributed by atoms with van der Waals surface area (Å²) in [7, 11) is -4.29. The van der Waals surface area contributed by atoms with Gasteiger partial charge in [0.1, 0.15) is 23.9 Å². The molecule has 3 aliphatic rings. The van der Waals surface area contributed by atoms with Crippen LogP contribution in [-0.2, 0) is 47.6 Å². The SMILES string of the molecule is CC(=O)O[C@H]1C[C@@]2(C(C)(C)O)C[C@@H]3[C@](O)(CO)[C@@H](OS(C)(=O)=O)C[C@H](OC(C)=O)[C@@]3(C)[C@@H](OC(C)=O)[C@H](OC(=O)c3ccccc3)C2=C1C. The molecular weight excluding hydrogens is 664 g/mol. The molecule has 4 rings (SSSR count). The second-order valence-corrected chi connectivity index (χ2v) is 15.8. The molecule has 0 heterocycles. The summed E-state index contributed by atoms with van der Waals surface area (Å²) in [4.78, 5) is 51.8. The molecule has 0 spiro atoms. The third-order valence-electron chi connectivity index (χ3n) is 10.6. The van der Waals surface area contributed by atoms with Crippen molar-refractivity contribution in [3.63, 3.8) is 0 Å². The first-order valence-electron chi connectivity index (χ1n) is 15.9. The van der Waals surface area contributed by atoms with Crippen LogP contribution in [-0.4, -0.2) is 102 Å². The minimum atomic E-state index is -4.29. The number of aliphatic hydroxyl groups excluding tert-OH is 1. The van der Waals surface area contributed by atoms with Gasteiger partial charge in [0.15, 0.2) is 12.2 Å². The maximum Gasteiger partial charge on any atom is 0.338 e. The summed E-state index contributed by atoms with van der Waals surface area (Å²) in [5, 5.41) is 35.6. The van der Waals surface area contributed by atoms with Gasteiger partial charge in [-0.1, -0.05) is 25.1 Å². The quantitative estimate of drug-likeness (QED) is 0.145. The number of esters is 4. The molecule has 0 bridgehead atoms. The van der Waals surface area contributed by atoms with Gasteiger partial charge in [0.2, 0.25) is 0 Å². The van der Waals surface area contributed by atoms with E-state index in [1.807, 2.05) is 0 Å². The second kappa shape index (κ2) is 13.4. The standard InChI is InChI=1S/C34H46O14S/c1-18-23(44-19(2)36)15-33(31(5,6)40)16-24-32(7,25(45-20(3)37)14-26(34(24,41)17-35)48-49(8,42)43)29(46-21(4)38)28(27(18)33)47-30(39)22-12-10-9-11-13-22/h9-13,23-26,28-29,35,40-41H,14-17H2,1-8H3/t23-,24-,25-,26-,28+,29-,32-,33+,34+/m0/s1. The molecule has 0 radical (unpaired) electrons. The summed E-state index contributed by atoms with van der Waals surface area (Å²) in [5.74, 6) is -4.54. The van der Waals surface area contributed by atoms with Crippen LogP contribution in [0, 0.1) is 16.7 Å². The van der Waals surface area contributed by atoms with Crippen molar-refractivity contribution in [2.24, 2.45) is 16.7 Å². The van der Waals surface area contributed by atoms with Gasteiger partial charge in [0, 0.05) is 44.9 Å². The predicted octanol–water partition coefficient (Wildman–Crippen LogP) is 1.98. The Labute approximate surface area is 285 Å². The Balaban J connectivity index is 2.15. The van der Waals surface area contributed by atoms with E-state index >= 15 is 0 Å². The molecule has 2 fully saturated rings. The van der Waals surface area contributed by atoms with Crippen molar-refractivity contribution in [1.29, 1.82) is 0 Å². The van der Waals surface area contributed by atoms with Crippen LogP contribution in [0.3, 0.4) is 0 Å². The van der Waals surface area contributed by atoms with E-state index in [-0.39, 0.29) is 24.0 Å². The van der Waals surface area contributed by atoms with Gasteiger partial charge in [-0.2, -0.15) is 8.42 Å². The largest absolute Gasteiger partial charge is 0.462 e. The van der Waals surface area contributed by atoms with Gasteiger partial charge in [0.25, 0.3) is 10.1 Å². The molecule has 1 aromatic rings. The van der Waals surface area contributed by atoms with Crippen LogP contribution in [0.25, 0.3) is 0 Å². The third-order valence-corrected chi connectivity index (χ3v) is 11.2. The molecule has 9 atom stereocenters. The van der Waals surface area contributed by atoms with Gasteiger partial charge in [0.05, 0.1) is 29.4 Å². The van der Waals surface area contributed by atoms with E-state index in [2.05, 4.69) is 0 Å². The number of hydrogen-bond acceptors (Lipinski definition) is 14. The zero-order valence-electron chi connectivity index (χ0n) is 28.9. The first-order valence-corrected chi connectivity index (χ1v) is 17.8. The molecule has 272 valence electrons. The number of fused-ring (bicyclic) bond motifs is 2. The zero-order chi connectivity index (χ0) is 36.9. The minimum absolute atomic E-state index is 0.104. The number of carbonyl (C=O) groups excluding carboxylic acids is 4. The maximum atomic E-state index is 13.9. The monoisotopic (exact) mass is 710 g/mol. The second-order valence-electron chi connectivity index (χ2n) is 14.2. The summed E-state index contributed by atoms with van der Waals surface area (Å²) in [6.07, 6.45) is -7.29. The highest BCUT2D eigenvalue weighted by Gasteiger charge is 2.73. The molecule has 0 unspecified atom stereocenters. The first kappa shape index (κ1) is 38.4. The number of carbonyl (C=O) groups is 4. The lowest BCUT2D eigenvalue weighted by atomic mass is 9.52. The van der Waals surface area contributed by atoms with Gasteiger partial charge in [-0.05, 0) is 50.5 Å². The van der Waals surface area contributed by atoms with Crippen LogP contribution in [0.2, 0.25) is 0 Å². The molecule has 0 amide bonds. The fourth-order valence-corrected chi connectivity index (χ4v) is 9.06. The smallest absolute Gasteiger partial charge is 0.338 e. The van der Waals surface area contributed by atoms with Gasteiger partial charge in [-0.3, -0.25) is 18.6 Å². The molecule has 3 N–H and O–H groups in total. The van der Waals surface area contributed by atoms with Crippen LogP contribution in [0.1, 0.15) is 78.1 Å². The van der Waals surface area contributed by atoms with E-state index < -0.39 is 105 Å². The molecule has 14 nitrogen and oxygen atoms in total. The molecule has 15 heteroatoms. The summed E-state index contributed by atoms with van der Waals surface area (Å²) < 4.78 is 54.2. The van der Waals surface area contributed by atoms with E-state index in [1.165, 1.54) is 39.8 Å². The fraction of sp³-hybridized carbons (Fsp3) is 0.647. The number of hydrogen-bond donors (Lipinski definition) is 3. The summed E-state index contributed by atoms with van der Waals surface area (Å²) >= 11 is 0. The van der Waals surface area contributed by atoms with E-state index in [4.69, 9.17) is 23.1 Å². The lowest BCUT2D eigenvalue weighted by Crippen LogP contribution is -2.70. The van der Waals surface area contributed by atoms with Crippen LogP contribution >= 0.6 is 0 Å². The Kier molecular flexibility index (Phi) is 10.5. The highest BCUT2D eigenvalue weighted by atomic mass is 32.2. The minimum Gasteiger partial charge on any atom is -0.462 e. The maximum absolute atomic E-state index is 13.9. The summed E-state index contributed by atoms with van der Waals surface area (Å²) in [5.41, 5.74) is -6.77. The highest BCUT2D eigenvalue weighted by Crippen LogP contribution is 2.66. The number of rotatable bonds is 9. The van der Waals surface area contributed by atoms with Crippen molar-refractivity contribution < 1.29 is 66.0 Å². The molecule has 1 aromatic carbocycles. The Morgan fingerprint density at radius 3 is 1.98 bits per heavy atom. The van der Waals surface area contributed by atoms with Crippen LogP contribution in [0.15, 0.2) is 41.5 Å². The van der Waals surface area contributed by atoms with Crippen molar-refractivity contribution >= 4 is 34.0 Å². The van der Waals surface area contributed by atoms with Crippen LogP contribution < -0.4 is 0 Å². The molecule has 2 saturated carbocycles. The first-order chi connectivity index (χ1) is 22.5. The normalized spacial score (nSPS) is 34.6. The van der Waals surface area contributed by atoms with E-state index in [0.29, 0.717) is 5.57 Å². The zero-order valence-corrected chi connectivity index (χ0v) is 29.7.